The van der Waals surface area contributed by atoms with Gasteiger partial charge < -0.3 is 20.5 Å². The van der Waals surface area contributed by atoms with Crippen LogP contribution in [-0.2, 0) is 4.79 Å². The molecule has 0 spiro atoms. The molecule has 0 aliphatic carbocycles. The van der Waals surface area contributed by atoms with E-state index >= 15 is 0 Å². The molecule has 0 aliphatic heterocycles. The molecule has 10 nitrogen and oxygen atoms in total. The number of benzene rings is 3. The van der Waals surface area contributed by atoms with Crippen LogP contribution in [-0.4, -0.2) is 42.8 Å². The maximum absolute atomic E-state index is 10.8. The van der Waals surface area contributed by atoms with Crippen molar-refractivity contribution in [3.63, 3.8) is 0 Å². The Bertz CT molecular complexity index is 1850. The maximum Gasteiger partial charge on any atom is 0.305 e. The second kappa shape index (κ2) is 12.1. The van der Waals surface area contributed by atoms with Gasteiger partial charge in [-0.3, -0.25) is 4.79 Å². The number of ether oxygens (including phenoxy) is 1. The van der Waals surface area contributed by atoms with E-state index in [1.54, 1.807) is 24.5 Å². The van der Waals surface area contributed by atoms with Crippen LogP contribution in [0.4, 0.5) is 17.5 Å². The highest BCUT2D eigenvalue weighted by Gasteiger charge is 2.13. The van der Waals surface area contributed by atoms with E-state index in [0.717, 1.165) is 27.7 Å². The van der Waals surface area contributed by atoms with Crippen molar-refractivity contribution in [1.29, 1.82) is 0 Å². The van der Waals surface area contributed by atoms with Crippen molar-refractivity contribution in [2.24, 2.45) is 0 Å². The van der Waals surface area contributed by atoms with Crippen LogP contribution in [0.15, 0.2) is 109 Å². The zero-order valence-electron chi connectivity index (χ0n) is 22.3. The van der Waals surface area contributed by atoms with Crippen LogP contribution in [0, 0.1) is 0 Å². The summed E-state index contributed by atoms with van der Waals surface area (Å²) in [6.45, 7) is 0.216. The number of anilines is 3. The first-order chi connectivity index (χ1) is 20.6. The molecule has 3 aromatic carbocycles. The summed E-state index contributed by atoms with van der Waals surface area (Å²) in [5, 5.41) is 26.2. The molecule has 0 saturated heterocycles. The number of carboxylic acids is 1. The van der Waals surface area contributed by atoms with Crippen LogP contribution < -0.4 is 15.4 Å². The third kappa shape index (κ3) is 5.97. The Balaban J connectivity index is 1.20. The smallest absolute Gasteiger partial charge is 0.305 e. The van der Waals surface area contributed by atoms with Crippen molar-refractivity contribution < 1.29 is 14.6 Å². The fourth-order valence-corrected chi connectivity index (χ4v) is 4.40. The van der Waals surface area contributed by atoms with Gasteiger partial charge in [-0.15, -0.1) is 10.2 Å². The molecule has 0 amide bonds. The fourth-order valence-electron chi connectivity index (χ4n) is 4.40. The summed E-state index contributed by atoms with van der Waals surface area (Å²) in [4.78, 5) is 23.9. The number of fused-ring (bicyclic) bond motifs is 1. The first kappa shape index (κ1) is 26.3. The Morgan fingerprint density at radius 2 is 1.57 bits per heavy atom. The number of hydrogen-bond acceptors (Lipinski definition) is 9. The van der Waals surface area contributed by atoms with E-state index in [-0.39, 0.29) is 13.0 Å². The Labute approximate surface area is 241 Å². The number of rotatable bonds is 10. The molecule has 3 N–H and O–H groups in total. The first-order valence-corrected chi connectivity index (χ1v) is 13.2. The van der Waals surface area contributed by atoms with Gasteiger partial charge >= 0.3 is 5.97 Å². The largest absolute Gasteiger partial charge is 0.481 e. The minimum Gasteiger partial charge on any atom is -0.481 e. The van der Waals surface area contributed by atoms with Crippen LogP contribution in [0.1, 0.15) is 6.42 Å². The molecule has 3 aromatic heterocycles. The van der Waals surface area contributed by atoms with Gasteiger partial charge in [0, 0.05) is 41.0 Å². The van der Waals surface area contributed by atoms with E-state index in [4.69, 9.17) is 9.84 Å². The standard InChI is InChI=1S/C32H25N7O3/c40-28(41)17-20-35-32-34-19-16-27(37-32)26-11-6-18-33-31(26)42-23-14-12-22(13-15-23)36-30-25-10-5-4-9-24(25)29(38-39-30)21-7-2-1-3-8-21/h1-16,18-19H,17,20H2,(H,36,39)(H,40,41)(H,34,35,37). The molecule has 0 aliphatic rings. The van der Waals surface area contributed by atoms with Gasteiger partial charge in [0.15, 0.2) is 5.82 Å². The van der Waals surface area contributed by atoms with Gasteiger partial charge in [0.25, 0.3) is 0 Å². The normalized spacial score (nSPS) is 10.8. The topological polar surface area (TPSA) is 135 Å². The lowest BCUT2D eigenvalue weighted by atomic mass is 10.0. The van der Waals surface area contributed by atoms with Gasteiger partial charge in [-0.2, -0.15) is 0 Å². The molecule has 0 unspecified atom stereocenters. The Morgan fingerprint density at radius 3 is 2.38 bits per heavy atom. The summed E-state index contributed by atoms with van der Waals surface area (Å²) in [7, 11) is 0. The number of carbonyl (C=O) groups is 1. The summed E-state index contributed by atoms with van der Waals surface area (Å²) in [6.07, 6.45) is 3.20. The van der Waals surface area contributed by atoms with Crippen molar-refractivity contribution in [2.75, 3.05) is 17.2 Å². The van der Waals surface area contributed by atoms with Gasteiger partial charge in [0.2, 0.25) is 11.8 Å². The van der Waals surface area contributed by atoms with E-state index in [0.29, 0.717) is 34.7 Å². The summed E-state index contributed by atoms with van der Waals surface area (Å²) in [5.41, 5.74) is 3.93. The number of hydrogen-bond donors (Lipinski definition) is 3. The van der Waals surface area contributed by atoms with E-state index in [9.17, 15) is 4.79 Å². The molecular weight excluding hydrogens is 530 g/mol. The molecule has 6 aromatic rings. The van der Waals surface area contributed by atoms with Crippen LogP contribution in [0.3, 0.4) is 0 Å². The zero-order chi connectivity index (χ0) is 28.7. The second-order valence-corrected chi connectivity index (χ2v) is 9.25. The highest BCUT2D eigenvalue weighted by Crippen LogP contribution is 2.33. The molecule has 0 radical (unpaired) electrons. The average Bonchev–Trinajstić information content (AvgIpc) is 3.03. The number of nitrogens with one attached hydrogen (secondary N) is 2. The van der Waals surface area contributed by atoms with Crippen molar-refractivity contribution in [3.8, 4) is 34.1 Å². The van der Waals surface area contributed by atoms with Crippen LogP contribution >= 0.6 is 0 Å². The maximum atomic E-state index is 10.8. The van der Waals surface area contributed by atoms with Crippen LogP contribution in [0.5, 0.6) is 11.6 Å². The second-order valence-electron chi connectivity index (χ2n) is 9.25. The molecule has 0 fully saturated rings. The van der Waals surface area contributed by atoms with E-state index in [1.807, 2.05) is 84.9 Å². The quantitative estimate of drug-likeness (QED) is 0.170. The summed E-state index contributed by atoms with van der Waals surface area (Å²) in [5.74, 6) is 1.05. The SMILES string of the molecule is O=C(O)CCNc1nccc(-c2cccnc2Oc2ccc(Nc3nnc(-c4ccccc4)c4ccccc34)cc2)n1. The lowest BCUT2D eigenvalue weighted by Crippen LogP contribution is -2.10. The van der Waals surface area contributed by atoms with Crippen molar-refractivity contribution in [3.05, 3.63) is 109 Å². The van der Waals surface area contributed by atoms with Crippen LogP contribution in [0.2, 0.25) is 0 Å². The van der Waals surface area contributed by atoms with Crippen molar-refractivity contribution in [2.45, 2.75) is 6.42 Å². The predicted molar refractivity (Wildman–Crippen MR) is 161 cm³/mol. The van der Waals surface area contributed by atoms with Crippen molar-refractivity contribution >= 4 is 34.2 Å². The fraction of sp³-hybridized carbons (Fsp3) is 0.0625. The van der Waals surface area contributed by atoms with Gasteiger partial charge in [-0.1, -0.05) is 54.6 Å². The summed E-state index contributed by atoms with van der Waals surface area (Å²) in [6, 6.07) is 30.9. The molecule has 3 heterocycles. The number of aromatic nitrogens is 5. The van der Waals surface area contributed by atoms with E-state index in [1.165, 1.54) is 0 Å². The van der Waals surface area contributed by atoms with Gasteiger partial charge in [0.05, 0.1) is 17.7 Å². The molecule has 10 heteroatoms. The number of aliphatic carboxylic acids is 1. The third-order valence-corrected chi connectivity index (χ3v) is 6.39. The van der Waals surface area contributed by atoms with Crippen LogP contribution in [0.25, 0.3) is 33.3 Å². The lowest BCUT2D eigenvalue weighted by molar-refractivity contribution is -0.136. The Kier molecular flexibility index (Phi) is 7.58. The highest BCUT2D eigenvalue weighted by molar-refractivity contribution is 6.00. The van der Waals surface area contributed by atoms with Gasteiger partial charge in [-0.25, -0.2) is 15.0 Å². The van der Waals surface area contributed by atoms with E-state index in [2.05, 4.69) is 35.8 Å². The highest BCUT2D eigenvalue weighted by atomic mass is 16.5. The van der Waals surface area contributed by atoms with Gasteiger partial charge in [0.1, 0.15) is 11.4 Å². The Morgan fingerprint density at radius 1 is 0.786 bits per heavy atom. The van der Waals surface area contributed by atoms with E-state index < -0.39 is 5.97 Å². The molecule has 206 valence electrons. The first-order valence-electron chi connectivity index (χ1n) is 13.2. The monoisotopic (exact) mass is 555 g/mol. The number of carboxylic acid groups (broad SMARTS) is 1. The molecule has 6 rings (SSSR count). The third-order valence-electron chi connectivity index (χ3n) is 6.39. The molecule has 0 bridgehead atoms. The minimum atomic E-state index is -0.898. The van der Waals surface area contributed by atoms with Gasteiger partial charge in [-0.05, 0) is 42.5 Å². The number of nitrogens with zero attached hydrogens (tertiary/aromatic N) is 5. The summed E-state index contributed by atoms with van der Waals surface area (Å²) >= 11 is 0. The summed E-state index contributed by atoms with van der Waals surface area (Å²) < 4.78 is 6.13. The lowest BCUT2D eigenvalue weighted by Gasteiger charge is -2.13. The molecule has 42 heavy (non-hydrogen) atoms. The number of pyridine rings is 1. The molecular formula is C32H25N7O3. The van der Waals surface area contributed by atoms with Crippen molar-refractivity contribution in [1.82, 2.24) is 25.1 Å². The molecule has 0 atom stereocenters. The Hall–Kier alpha value is -5.90. The predicted octanol–water partition coefficient (Wildman–Crippen LogP) is 6.57. The minimum absolute atomic E-state index is 0.0402. The zero-order valence-corrected chi connectivity index (χ0v) is 22.3. The average molecular weight is 556 g/mol. The molecule has 0 saturated carbocycles.